The second-order valence-electron chi connectivity index (χ2n) is 2.11. The Kier molecular flexibility index (Phi) is 2.01. The van der Waals surface area contributed by atoms with Gasteiger partial charge in [0, 0.05) is 2.74 Å². The fraction of sp³-hybridized carbons (Fsp3) is 0.833. The maximum atomic E-state index is 10.2. The van der Waals surface area contributed by atoms with E-state index in [4.69, 9.17) is 13.6 Å². The van der Waals surface area contributed by atoms with Gasteiger partial charge in [0.1, 0.15) is 6.04 Å². The molecular weight excluding hydrogens is 118 g/mol. The van der Waals surface area contributed by atoms with Crippen LogP contribution in [0.1, 0.15) is 23.0 Å². The van der Waals surface area contributed by atoms with Crippen molar-refractivity contribution in [2.24, 2.45) is 11.6 Å². The Hall–Kier alpha value is -0.570. The summed E-state index contributed by atoms with van der Waals surface area (Å²) in [5.74, 6) is -2.16. The average Bonchev–Trinajstić information content (AvgIpc) is 1.87. The number of hydrogen-bond acceptors (Lipinski definition) is 2. The molecule has 0 radical (unpaired) electrons. The molecule has 2 atom stereocenters. The molecule has 2 unspecified atom stereocenters. The van der Waals surface area contributed by atoms with Crippen LogP contribution in [0, 0.1) is 5.89 Å². The van der Waals surface area contributed by atoms with E-state index in [0.717, 1.165) is 0 Å². The van der Waals surface area contributed by atoms with Crippen LogP contribution in [-0.2, 0) is 4.79 Å². The maximum Gasteiger partial charge on any atom is 0.320 e. The van der Waals surface area contributed by atoms with Gasteiger partial charge >= 0.3 is 5.97 Å². The second kappa shape index (κ2) is 3.45. The van der Waals surface area contributed by atoms with E-state index in [-0.39, 0.29) is 13.3 Å². The highest BCUT2D eigenvalue weighted by Gasteiger charge is 2.11. The third-order valence-electron chi connectivity index (χ3n) is 0.886. The Labute approximate surface area is 57.7 Å². The van der Waals surface area contributed by atoms with Crippen molar-refractivity contribution in [1.82, 2.24) is 0 Å². The van der Waals surface area contributed by atoms with Crippen molar-refractivity contribution in [2.45, 2.75) is 26.3 Å². The van der Waals surface area contributed by atoms with Gasteiger partial charge in [0.2, 0.25) is 0 Å². The van der Waals surface area contributed by atoms with Crippen molar-refractivity contribution in [2.75, 3.05) is 0 Å². The second-order valence-corrected chi connectivity index (χ2v) is 2.11. The van der Waals surface area contributed by atoms with E-state index in [2.05, 4.69) is 0 Å². The average molecular weight is 135 g/mol. The van der Waals surface area contributed by atoms with Crippen LogP contribution in [0.15, 0.2) is 0 Å². The highest BCUT2D eigenvalue weighted by Crippen LogP contribution is 2.01. The lowest BCUT2D eigenvalue weighted by Crippen LogP contribution is -2.31. The lowest BCUT2D eigenvalue weighted by Gasteiger charge is -2.07. The molecule has 3 N–H and O–H groups in total. The summed E-state index contributed by atoms with van der Waals surface area (Å²) in [4.78, 5) is 10.2. The van der Waals surface area contributed by atoms with Crippen molar-refractivity contribution in [3.63, 3.8) is 0 Å². The van der Waals surface area contributed by atoms with Crippen molar-refractivity contribution in [3.8, 4) is 0 Å². The fourth-order valence-electron chi connectivity index (χ4n) is 0.463. The zero-order chi connectivity index (χ0) is 9.07. The zero-order valence-electron chi connectivity index (χ0n) is 7.42. The van der Waals surface area contributed by atoms with Gasteiger partial charge in [0.25, 0.3) is 0 Å². The third-order valence-corrected chi connectivity index (χ3v) is 0.886. The summed E-state index contributed by atoms with van der Waals surface area (Å²) in [5.41, 5.74) is 5.18. The fourth-order valence-corrected chi connectivity index (χ4v) is 0.463. The lowest BCUT2D eigenvalue weighted by atomic mass is 10.1. The van der Waals surface area contributed by atoms with Crippen molar-refractivity contribution < 1.29 is 12.6 Å². The van der Waals surface area contributed by atoms with Crippen LogP contribution in [0.3, 0.4) is 0 Å². The predicted octanol–water partition coefficient (Wildman–Crippen LogP) is 0.444. The van der Waals surface area contributed by atoms with Crippen molar-refractivity contribution in [1.29, 1.82) is 0 Å². The molecule has 0 aromatic rings. The van der Waals surface area contributed by atoms with Gasteiger partial charge in [-0.1, -0.05) is 13.8 Å². The minimum Gasteiger partial charge on any atom is -0.480 e. The highest BCUT2D eigenvalue weighted by atomic mass is 16.4. The van der Waals surface area contributed by atoms with Crippen LogP contribution in [0.4, 0.5) is 0 Å². The van der Waals surface area contributed by atoms with Crippen molar-refractivity contribution >= 4 is 5.97 Å². The van der Waals surface area contributed by atoms with Crippen LogP contribution < -0.4 is 5.73 Å². The molecule has 0 fully saturated rings. The number of carbonyl (C=O) groups is 1. The van der Waals surface area contributed by atoms with Gasteiger partial charge in [-0.05, 0) is 12.3 Å². The largest absolute Gasteiger partial charge is 0.480 e. The van der Waals surface area contributed by atoms with Crippen molar-refractivity contribution in [3.05, 3.63) is 0 Å². The summed E-state index contributed by atoms with van der Waals surface area (Å²) in [6, 6.07) is -1.03. The summed E-state index contributed by atoms with van der Waals surface area (Å²) >= 11 is 0. The Bertz CT molecular complexity index is 150. The molecular formula is C6H13NO2. The number of rotatable bonds is 3. The minimum atomic E-state index is -1.11. The standard InChI is InChI=1S/C6H13NO2/c1-4(2)3-5(7)6(8)9/h4-5H,3,7H2,1-2H3,(H,8,9)/i1T,4T. The summed E-state index contributed by atoms with van der Waals surface area (Å²) in [7, 11) is 0. The molecule has 0 aliphatic carbocycles. The van der Waals surface area contributed by atoms with Crippen LogP contribution in [0.2, 0.25) is 0 Å². The van der Waals surface area contributed by atoms with E-state index in [1.165, 1.54) is 6.92 Å². The van der Waals surface area contributed by atoms with E-state index in [9.17, 15) is 4.79 Å². The molecule has 0 heterocycles. The van der Waals surface area contributed by atoms with E-state index >= 15 is 0 Å². The number of carboxylic acids is 1. The first-order chi connectivity index (χ1) is 4.89. The van der Waals surface area contributed by atoms with Crippen LogP contribution >= 0.6 is 0 Å². The van der Waals surface area contributed by atoms with E-state index in [1.54, 1.807) is 0 Å². The molecule has 0 aromatic carbocycles. The highest BCUT2D eigenvalue weighted by molar-refractivity contribution is 5.72. The van der Waals surface area contributed by atoms with Gasteiger partial charge in [0.05, 0.1) is 0 Å². The maximum absolute atomic E-state index is 10.2. The van der Waals surface area contributed by atoms with Crippen LogP contribution in [-0.4, -0.2) is 17.1 Å². The minimum absolute atomic E-state index is 0.0197. The quantitative estimate of drug-likeness (QED) is 0.590. The Morgan fingerprint density at radius 1 is 2.11 bits per heavy atom. The lowest BCUT2D eigenvalue weighted by molar-refractivity contribution is -0.138. The molecule has 0 spiro atoms. The summed E-state index contributed by atoms with van der Waals surface area (Å²) in [6.45, 7) is 1.37. The van der Waals surface area contributed by atoms with Gasteiger partial charge in [-0.2, -0.15) is 0 Å². The SMILES string of the molecule is [3H]CC([3H])(C)CC(N)C(=O)O. The molecule has 0 saturated heterocycles. The molecule has 0 rings (SSSR count). The predicted molar refractivity (Wildman–Crippen MR) is 35.1 cm³/mol. The number of nitrogens with two attached hydrogens (primary N) is 1. The summed E-state index contributed by atoms with van der Waals surface area (Å²) < 4.78 is 14.3. The molecule has 0 aliphatic heterocycles. The number of hydrogen-bond donors (Lipinski definition) is 2. The molecule has 0 bridgehead atoms. The molecule has 54 valence electrons. The number of aliphatic carboxylic acids is 1. The van der Waals surface area contributed by atoms with Gasteiger partial charge in [-0.15, -0.1) is 0 Å². The van der Waals surface area contributed by atoms with E-state index in [0.29, 0.717) is 0 Å². The molecule has 0 saturated carbocycles. The zero-order valence-corrected chi connectivity index (χ0v) is 5.42. The first-order valence-corrected chi connectivity index (χ1v) is 2.67. The van der Waals surface area contributed by atoms with Gasteiger partial charge < -0.3 is 10.8 Å². The molecule has 9 heavy (non-hydrogen) atoms. The third kappa shape index (κ3) is 3.97. The van der Waals surface area contributed by atoms with Gasteiger partial charge in [0.15, 0.2) is 0 Å². The summed E-state index contributed by atoms with van der Waals surface area (Å²) in [6.07, 6.45) is 0.0197. The monoisotopic (exact) mass is 135 g/mol. The Balaban J connectivity index is 3.93. The smallest absolute Gasteiger partial charge is 0.320 e. The molecule has 0 amide bonds. The Morgan fingerprint density at radius 3 is 3.00 bits per heavy atom. The van der Waals surface area contributed by atoms with Crippen LogP contribution in [0.5, 0.6) is 0 Å². The topological polar surface area (TPSA) is 63.3 Å². The molecule has 3 nitrogen and oxygen atoms in total. The molecule has 0 aliphatic rings. The molecule has 3 heteroatoms. The first-order valence-electron chi connectivity index (χ1n) is 3.87. The van der Waals surface area contributed by atoms with E-state index in [1.807, 2.05) is 0 Å². The van der Waals surface area contributed by atoms with Gasteiger partial charge in [-0.3, -0.25) is 4.79 Å². The van der Waals surface area contributed by atoms with Crippen LogP contribution in [0.25, 0.3) is 0 Å². The van der Waals surface area contributed by atoms with Gasteiger partial charge in [-0.25, -0.2) is 0 Å². The van der Waals surface area contributed by atoms with E-state index < -0.39 is 17.9 Å². The first kappa shape index (κ1) is 5.23. The number of carboxylic acid groups (broad SMARTS) is 1. The summed E-state index contributed by atoms with van der Waals surface area (Å²) in [5, 5.41) is 8.37. The normalized spacial score (nSPS) is 23.3. The Morgan fingerprint density at radius 2 is 2.67 bits per heavy atom. The molecule has 0 aromatic heterocycles.